The van der Waals surface area contributed by atoms with Crippen molar-refractivity contribution >= 4 is 26.7 Å². The van der Waals surface area contributed by atoms with Gasteiger partial charge in [-0.1, -0.05) is 46.3 Å². The summed E-state index contributed by atoms with van der Waals surface area (Å²) >= 11 is 3.56. The highest BCUT2D eigenvalue weighted by Crippen LogP contribution is 2.32. The monoisotopic (exact) mass is 272 g/mol. The van der Waals surface area contributed by atoms with E-state index in [1.165, 1.54) is 10.8 Å². The fourth-order valence-corrected chi connectivity index (χ4v) is 2.42. The molecule has 16 heavy (non-hydrogen) atoms. The molecule has 0 unspecified atom stereocenters. The third kappa shape index (κ3) is 1.46. The van der Waals surface area contributed by atoms with Gasteiger partial charge in [0.05, 0.1) is 6.26 Å². The fraction of sp³-hybridized carbons (Fsp3) is 0. The molecule has 3 aromatic rings. The van der Waals surface area contributed by atoms with Crippen LogP contribution >= 0.6 is 15.9 Å². The second-order valence-electron chi connectivity index (χ2n) is 3.62. The third-order valence-electron chi connectivity index (χ3n) is 2.66. The Hall–Kier alpha value is -1.54. The lowest BCUT2D eigenvalue weighted by Gasteiger charge is -2.05. The van der Waals surface area contributed by atoms with Crippen LogP contribution in [0.4, 0.5) is 0 Å². The smallest absolute Gasteiger partial charge is 0.134 e. The first-order chi connectivity index (χ1) is 7.86. The number of halogens is 1. The van der Waals surface area contributed by atoms with Crippen molar-refractivity contribution < 1.29 is 4.42 Å². The average molecular weight is 273 g/mol. The highest BCUT2D eigenvalue weighted by Gasteiger charge is 2.06. The highest BCUT2D eigenvalue weighted by molar-refractivity contribution is 9.10. The zero-order chi connectivity index (χ0) is 11.0. The summed E-state index contributed by atoms with van der Waals surface area (Å²) in [7, 11) is 0. The van der Waals surface area contributed by atoms with Gasteiger partial charge in [-0.05, 0) is 29.0 Å². The average Bonchev–Trinajstić information content (AvgIpc) is 2.82. The molecule has 0 bridgehead atoms. The summed E-state index contributed by atoms with van der Waals surface area (Å²) in [5.74, 6) is 0.906. The van der Waals surface area contributed by atoms with E-state index in [1.54, 1.807) is 6.26 Å². The maximum Gasteiger partial charge on any atom is 0.134 e. The van der Waals surface area contributed by atoms with Gasteiger partial charge in [0.2, 0.25) is 0 Å². The van der Waals surface area contributed by atoms with E-state index in [9.17, 15) is 0 Å². The summed E-state index contributed by atoms with van der Waals surface area (Å²) in [6.45, 7) is 0. The molecule has 0 aliphatic carbocycles. The Morgan fingerprint density at radius 3 is 2.44 bits per heavy atom. The number of rotatable bonds is 1. The molecule has 0 saturated carbocycles. The molecule has 1 aromatic heterocycles. The van der Waals surface area contributed by atoms with Crippen molar-refractivity contribution in [3.63, 3.8) is 0 Å². The van der Waals surface area contributed by atoms with E-state index in [0.29, 0.717) is 0 Å². The van der Waals surface area contributed by atoms with Crippen LogP contribution in [0.1, 0.15) is 0 Å². The van der Waals surface area contributed by atoms with Crippen molar-refractivity contribution in [3.8, 4) is 11.3 Å². The molecule has 2 aromatic carbocycles. The number of benzene rings is 2. The van der Waals surface area contributed by atoms with Crippen molar-refractivity contribution in [2.45, 2.75) is 0 Å². The second-order valence-corrected chi connectivity index (χ2v) is 4.47. The van der Waals surface area contributed by atoms with E-state index in [-0.39, 0.29) is 0 Å². The van der Waals surface area contributed by atoms with Gasteiger partial charge in [-0.2, -0.15) is 0 Å². The van der Waals surface area contributed by atoms with Crippen LogP contribution in [-0.4, -0.2) is 0 Å². The topological polar surface area (TPSA) is 13.1 Å². The molecule has 78 valence electrons. The number of hydrogen-bond acceptors (Lipinski definition) is 1. The van der Waals surface area contributed by atoms with Gasteiger partial charge in [0, 0.05) is 10.0 Å². The molecule has 0 fully saturated rings. The summed E-state index contributed by atoms with van der Waals surface area (Å²) < 4.78 is 6.56. The summed E-state index contributed by atoms with van der Waals surface area (Å²) in [6, 6.07) is 16.3. The minimum atomic E-state index is 0.906. The third-order valence-corrected chi connectivity index (χ3v) is 3.35. The molecule has 0 saturated heterocycles. The number of hydrogen-bond donors (Lipinski definition) is 0. The Kier molecular flexibility index (Phi) is 2.29. The molecule has 0 aliphatic heterocycles. The fourth-order valence-electron chi connectivity index (χ4n) is 1.92. The maximum atomic E-state index is 5.45. The first-order valence-corrected chi connectivity index (χ1v) is 5.87. The first-order valence-electron chi connectivity index (χ1n) is 5.07. The largest absolute Gasteiger partial charge is 0.464 e. The van der Waals surface area contributed by atoms with Gasteiger partial charge < -0.3 is 4.42 Å². The quantitative estimate of drug-likeness (QED) is 0.617. The van der Waals surface area contributed by atoms with Gasteiger partial charge in [-0.25, -0.2) is 0 Å². The molecule has 0 N–H and O–H groups in total. The van der Waals surface area contributed by atoms with E-state index >= 15 is 0 Å². The summed E-state index contributed by atoms with van der Waals surface area (Å²) in [6.07, 6.45) is 1.70. The van der Waals surface area contributed by atoms with Crippen LogP contribution in [0.5, 0.6) is 0 Å². The molecule has 0 spiro atoms. The molecule has 0 amide bonds. The van der Waals surface area contributed by atoms with Crippen LogP contribution < -0.4 is 0 Å². The molecule has 0 aliphatic rings. The Morgan fingerprint density at radius 1 is 0.812 bits per heavy atom. The molecular formula is C14H9BrO. The van der Waals surface area contributed by atoms with E-state index in [1.807, 2.05) is 30.3 Å². The van der Waals surface area contributed by atoms with Crippen LogP contribution in [0.3, 0.4) is 0 Å². The Balaban J connectivity index is 2.38. The minimum Gasteiger partial charge on any atom is -0.464 e. The minimum absolute atomic E-state index is 0.906. The number of furan rings is 1. The molecule has 3 rings (SSSR count). The predicted molar refractivity (Wildman–Crippen MR) is 69.4 cm³/mol. The van der Waals surface area contributed by atoms with E-state index < -0.39 is 0 Å². The first kappa shape index (κ1) is 9.67. The van der Waals surface area contributed by atoms with Gasteiger partial charge in [0.25, 0.3) is 0 Å². The highest BCUT2D eigenvalue weighted by atomic mass is 79.9. The lowest BCUT2D eigenvalue weighted by molar-refractivity contribution is 0.583. The maximum absolute atomic E-state index is 5.45. The predicted octanol–water partition coefficient (Wildman–Crippen LogP) is 4.86. The summed E-state index contributed by atoms with van der Waals surface area (Å²) in [5, 5.41) is 2.41. The van der Waals surface area contributed by atoms with Crippen LogP contribution in [0.15, 0.2) is 63.7 Å². The zero-order valence-corrected chi connectivity index (χ0v) is 10.1. The van der Waals surface area contributed by atoms with Gasteiger partial charge in [0.1, 0.15) is 5.76 Å². The molecule has 1 nitrogen and oxygen atoms in total. The summed E-state index contributed by atoms with van der Waals surface area (Å²) in [4.78, 5) is 0. The standard InChI is InChI=1S/C14H9BrO/c15-13-7-2-4-10-11(13)5-1-6-12(10)14-8-3-9-16-14/h1-9H. The van der Waals surface area contributed by atoms with E-state index in [4.69, 9.17) is 4.42 Å². The molecule has 0 atom stereocenters. The second kappa shape index (κ2) is 3.80. The normalized spacial score (nSPS) is 10.8. The van der Waals surface area contributed by atoms with Crippen LogP contribution in [0, 0.1) is 0 Å². The van der Waals surface area contributed by atoms with Gasteiger partial charge >= 0.3 is 0 Å². The SMILES string of the molecule is Brc1cccc2c(-c3ccco3)cccc12. The van der Waals surface area contributed by atoms with Crippen molar-refractivity contribution in [2.24, 2.45) is 0 Å². The summed E-state index contributed by atoms with van der Waals surface area (Å²) in [5.41, 5.74) is 1.13. The Labute approximate surface area is 102 Å². The zero-order valence-electron chi connectivity index (χ0n) is 8.48. The lowest BCUT2D eigenvalue weighted by Crippen LogP contribution is -1.79. The molecular weight excluding hydrogens is 264 g/mol. The van der Waals surface area contributed by atoms with E-state index in [0.717, 1.165) is 15.8 Å². The number of fused-ring (bicyclic) bond motifs is 1. The van der Waals surface area contributed by atoms with Gasteiger partial charge in [0.15, 0.2) is 0 Å². The molecule has 1 heterocycles. The van der Waals surface area contributed by atoms with Crippen molar-refractivity contribution in [2.75, 3.05) is 0 Å². The molecule has 2 heteroatoms. The van der Waals surface area contributed by atoms with Crippen molar-refractivity contribution in [3.05, 3.63) is 59.3 Å². The van der Waals surface area contributed by atoms with Gasteiger partial charge in [-0.15, -0.1) is 0 Å². The van der Waals surface area contributed by atoms with Crippen molar-refractivity contribution in [1.82, 2.24) is 0 Å². The molecule has 0 radical (unpaired) electrons. The van der Waals surface area contributed by atoms with Crippen molar-refractivity contribution in [1.29, 1.82) is 0 Å². The van der Waals surface area contributed by atoms with Gasteiger partial charge in [-0.3, -0.25) is 0 Å². The Bertz CT molecular complexity index is 626. The van der Waals surface area contributed by atoms with Crippen LogP contribution in [0.2, 0.25) is 0 Å². The lowest BCUT2D eigenvalue weighted by atomic mass is 10.0. The Morgan fingerprint density at radius 2 is 1.62 bits per heavy atom. The van der Waals surface area contributed by atoms with Crippen LogP contribution in [0.25, 0.3) is 22.1 Å². The van der Waals surface area contributed by atoms with E-state index in [2.05, 4.69) is 34.1 Å². The van der Waals surface area contributed by atoms with Crippen LogP contribution in [-0.2, 0) is 0 Å².